The van der Waals surface area contributed by atoms with Crippen molar-refractivity contribution in [3.05, 3.63) is 59.9 Å². The lowest BCUT2D eigenvalue weighted by molar-refractivity contribution is 0.593. The van der Waals surface area contributed by atoms with Crippen LogP contribution in [-0.4, -0.2) is 14.6 Å². The fraction of sp³-hybridized carbons (Fsp3) is 0. The summed E-state index contributed by atoms with van der Waals surface area (Å²) < 4.78 is 35.7. The van der Waals surface area contributed by atoms with Crippen LogP contribution in [-0.2, 0) is 10.0 Å². The van der Waals surface area contributed by atoms with Crippen molar-refractivity contribution in [1.82, 2.24) is 0 Å². The monoisotopic (exact) mass is 278 g/mol. The predicted octanol–water partition coefficient (Wildman–Crippen LogP) is 2.22. The Morgan fingerprint density at radius 1 is 1.11 bits per heavy atom. The molecular formula is C13H11FN2O2S. The number of halogens is 1. The number of nitrogens with two attached hydrogens (primary N) is 1. The second-order valence-corrected chi connectivity index (χ2v) is 5.39. The Hall–Kier alpha value is -2.05. The summed E-state index contributed by atoms with van der Waals surface area (Å²) in [6.45, 7) is 0. The van der Waals surface area contributed by atoms with Gasteiger partial charge in [0, 0.05) is 6.21 Å². The van der Waals surface area contributed by atoms with Gasteiger partial charge in [-0.1, -0.05) is 30.3 Å². The summed E-state index contributed by atoms with van der Waals surface area (Å²) in [4.78, 5) is 3.69. The van der Waals surface area contributed by atoms with Crippen LogP contribution in [0.3, 0.4) is 0 Å². The summed E-state index contributed by atoms with van der Waals surface area (Å²) in [5.74, 6) is -0.737. The zero-order valence-corrected chi connectivity index (χ0v) is 10.6. The molecular weight excluding hydrogens is 267 g/mol. The van der Waals surface area contributed by atoms with Gasteiger partial charge in [-0.2, -0.15) is 0 Å². The number of sulfonamides is 1. The van der Waals surface area contributed by atoms with Crippen LogP contribution in [0.5, 0.6) is 0 Å². The molecule has 0 radical (unpaired) electrons. The summed E-state index contributed by atoms with van der Waals surface area (Å²) in [7, 11) is -3.90. The van der Waals surface area contributed by atoms with E-state index in [4.69, 9.17) is 5.14 Å². The number of benzene rings is 2. The first-order valence-electron chi connectivity index (χ1n) is 5.38. The normalized spacial score (nSPS) is 11.9. The molecule has 0 spiro atoms. The number of nitrogens with zero attached hydrogens (tertiary/aromatic N) is 1. The van der Waals surface area contributed by atoms with Crippen LogP contribution in [0.2, 0.25) is 0 Å². The van der Waals surface area contributed by atoms with Gasteiger partial charge in [-0.05, 0) is 23.8 Å². The van der Waals surface area contributed by atoms with Crippen LogP contribution in [0, 0.1) is 5.82 Å². The lowest BCUT2D eigenvalue weighted by Crippen LogP contribution is -2.12. The first-order chi connectivity index (χ1) is 8.97. The first kappa shape index (κ1) is 13.4. The van der Waals surface area contributed by atoms with Gasteiger partial charge in [0.25, 0.3) is 0 Å². The van der Waals surface area contributed by atoms with Gasteiger partial charge in [0.15, 0.2) is 0 Å². The lowest BCUT2D eigenvalue weighted by Gasteiger charge is -2.00. The van der Waals surface area contributed by atoms with E-state index in [1.54, 1.807) is 0 Å². The van der Waals surface area contributed by atoms with Crippen molar-refractivity contribution >= 4 is 21.9 Å². The van der Waals surface area contributed by atoms with Crippen molar-refractivity contribution in [2.45, 2.75) is 4.90 Å². The molecule has 2 aromatic rings. The molecule has 0 fully saturated rings. The number of aliphatic imine (C=N–C) groups is 1. The van der Waals surface area contributed by atoms with E-state index in [0.29, 0.717) is 0 Å². The Bertz CT molecular complexity index is 713. The minimum atomic E-state index is -3.90. The molecule has 4 nitrogen and oxygen atoms in total. The van der Waals surface area contributed by atoms with Gasteiger partial charge in [0.05, 0.1) is 10.6 Å². The maximum absolute atomic E-state index is 13.6. The molecule has 2 N–H and O–H groups in total. The highest BCUT2D eigenvalue weighted by atomic mass is 32.2. The molecule has 2 aromatic carbocycles. The van der Waals surface area contributed by atoms with Gasteiger partial charge in [-0.3, -0.25) is 4.99 Å². The Morgan fingerprint density at radius 2 is 1.79 bits per heavy atom. The Balaban J connectivity index is 2.30. The van der Waals surface area contributed by atoms with Gasteiger partial charge in [0.1, 0.15) is 5.82 Å². The largest absolute Gasteiger partial charge is 0.253 e. The second-order valence-electron chi connectivity index (χ2n) is 3.83. The zero-order valence-electron chi connectivity index (χ0n) is 9.82. The van der Waals surface area contributed by atoms with E-state index in [2.05, 4.69) is 4.99 Å². The van der Waals surface area contributed by atoms with E-state index in [9.17, 15) is 12.8 Å². The van der Waals surface area contributed by atoms with Crippen LogP contribution in [0.15, 0.2) is 58.4 Å². The smallest absolute Gasteiger partial charge is 0.238 e. The molecule has 0 unspecified atom stereocenters. The minimum Gasteiger partial charge on any atom is -0.253 e. The molecule has 98 valence electrons. The lowest BCUT2D eigenvalue weighted by atomic mass is 10.2. The first-order valence-corrected chi connectivity index (χ1v) is 6.93. The quantitative estimate of drug-likeness (QED) is 0.874. The van der Waals surface area contributed by atoms with E-state index in [-0.39, 0.29) is 10.6 Å². The van der Waals surface area contributed by atoms with Crippen LogP contribution < -0.4 is 5.14 Å². The van der Waals surface area contributed by atoms with Gasteiger partial charge in [-0.15, -0.1) is 0 Å². The Kier molecular flexibility index (Phi) is 3.73. The summed E-state index contributed by atoms with van der Waals surface area (Å²) in [6, 6.07) is 12.5. The molecule has 0 aliphatic heterocycles. The molecule has 0 bridgehead atoms. The van der Waals surface area contributed by atoms with Crippen molar-refractivity contribution in [2.24, 2.45) is 10.1 Å². The number of hydrogen-bond acceptors (Lipinski definition) is 3. The van der Waals surface area contributed by atoms with Crippen molar-refractivity contribution in [3.8, 4) is 0 Å². The molecule has 0 saturated heterocycles. The van der Waals surface area contributed by atoms with Crippen LogP contribution in [0.1, 0.15) is 5.56 Å². The van der Waals surface area contributed by atoms with E-state index in [0.717, 1.165) is 11.6 Å². The third-order valence-corrected chi connectivity index (χ3v) is 3.31. The third kappa shape index (κ3) is 3.46. The molecule has 0 heterocycles. The van der Waals surface area contributed by atoms with Crippen molar-refractivity contribution in [1.29, 1.82) is 0 Å². The zero-order chi connectivity index (χ0) is 13.9. The van der Waals surface area contributed by atoms with E-state index < -0.39 is 15.8 Å². The second kappa shape index (κ2) is 5.29. The predicted molar refractivity (Wildman–Crippen MR) is 71.5 cm³/mol. The number of primary sulfonamides is 1. The summed E-state index contributed by atoms with van der Waals surface area (Å²) >= 11 is 0. The summed E-state index contributed by atoms with van der Waals surface area (Å²) in [5, 5.41) is 4.91. The molecule has 0 aliphatic carbocycles. The highest BCUT2D eigenvalue weighted by Gasteiger charge is 2.10. The molecule has 19 heavy (non-hydrogen) atoms. The molecule has 0 aliphatic rings. The van der Waals surface area contributed by atoms with E-state index in [1.807, 2.05) is 30.3 Å². The average Bonchev–Trinajstić information content (AvgIpc) is 2.37. The molecule has 0 amide bonds. The number of hydrogen-bond donors (Lipinski definition) is 1. The van der Waals surface area contributed by atoms with Gasteiger partial charge in [0.2, 0.25) is 10.0 Å². The highest BCUT2D eigenvalue weighted by Crippen LogP contribution is 2.20. The molecule has 6 heteroatoms. The van der Waals surface area contributed by atoms with E-state index in [1.165, 1.54) is 18.3 Å². The minimum absolute atomic E-state index is 0.0521. The van der Waals surface area contributed by atoms with Crippen molar-refractivity contribution in [2.75, 3.05) is 0 Å². The van der Waals surface area contributed by atoms with Gasteiger partial charge >= 0.3 is 0 Å². The van der Waals surface area contributed by atoms with Crippen LogP contribution >= 0.6 is 0 Å². The Morgan fingerprint density at radius 3 is 2.37 bits per heavy atom. The van der Waals surface area contributed by atoms with Crippen LogP contribution in [0.25, 0.3) is 0 Å². The maximum Gasteiger partial charge on any atom is 0.238 e. The Labute approximate surface area is 110 Å². The standard InChI is InChI=1S/C13H11FN2O2S/c14-12-8-11(19(15,17)18)6-7-13(12)16-9-10-4-2-1-3-5-10/h1-9H,(H2,15,17,18). The average molecular weight is 278 g/mol. The van der Waals surface area contributed by atoms with Crippen LogP contribution in [0.4, 0.5) is 10.1 Å². The number of rotatable bonds is 3. The molecule has 0 atom stereocenters. The SMILES string of the molecule is NS(=O)(=O)c1ccc(N=Cc2ccccc2)c(F)c1. The summed E-state index contributed by atoms with van der Waals surface area (Å²) in [5.41, 5.74) is 0.869. The highest BCUT2D eigenvalue weighted by molar-refractivity contribution is 7.89. The van der Waals surface area contributed by atoms with E-state index >= 15 is 0 Å². The molecule has 0 aromatic heterocycles. The fourth-order valence-electron chi connectivity index (χ4n) is 1.45. The third-order valence-electron chi connectivity index (χ3n) is 2.40. The van der Waals surface area contributed by atoms with Crippen molar-refractivity contribution in [3.63, 3.8) is 0 Å². The fourth-order valence-corrected chi connectivity index (χ4v) is 1.98. The van der Waals surface area contributed by atoms with Gasteiger partial charge in [-0.25, -0.2) is 17.9 Å². The maximum atomic E-state index is 13.6. The van der Waals surface area contributed by atoms with Crippen molar-refractivity contribution < 1.29 is 12.8 Å². The molecule has 0 saturated carbocycles. The topological polar surface area (TPSA) is 72.5 Å². The summed E-state index contributed by atoms with van der Waals surface area (Å²) in [6.07, 6.45) is 1.50. The molecule has 2 rings (SSSR count). The van der Waals surface area contributed by atoms with Gasteiger partial charge < -0.3 is 0 Å².